The fourth-order valence-electron chi connectivity index (χ4n) is 2.84. The monoisotopic (exact) mass is 330 g/mol. The molecular weight excluding hydrogens is 312 g/mol. The van der Waals surface area contributed by atoms with Gasteiger partial charge in [-0.15, -0.1) is 0 Å². The minimum absolute atomic E-state index is 0.258. The molecule has 1 aromatic carbocycles. The van der Waals surface area contributed by atoms with Crippen LogP contribution in [0, 0.1) is 0 Å². The van der Waals surface area contributed by atoms with E-state index >= 15 is 0 Å². The topological polar surface area (TPSA) is 81.6 Å². The van der Waals surface area contributed by atoms with Crippen LogP contribution in [0.25, 0.3) is 11.0 Å². The third kappa shape index (κ3) is 3.28. The lowest BCUT2D eigenvalue weighted by molar-refractivity contribution is 0.834. The van der Waals surface area contributed by atoms with E-state index in [2.05, 4.69) is 37.0 Å². The molecule has 3 N–H and O–H groups in total. The minimum Gasteiger partial charge on any atom is -0.368 e. The number of nitrogens with one attached hydrogen (secondary N) is 1. The fourth-order valence-corrected chi connectivity index (χ4v) is 2.84. The van der Waals surface area contributed by atoms with Gasteiger partial charge in [-0.3, -0.25) is 4.98 Å². The van der Waals surface area contributed by atoms with Crippen LogP contribution in [0.3, 0.4) is 0 Å². The molecule has 3 aromatic heterocycles. The quantitative estimate of drug-likeness (QED) is 0.588. The Labute approximate surface area is 145 Å². The van der Waals surface area contributed by atoms with E-state index in [1.807, 2.05) is 48.7 Å². The van der Waals surface area contributed by atoms with Crippen molar-refractivity contribution in [3.05, 3.63) is 78.2 Å². The molecule has 124 valence electrons. The molecule has 0 bridgehead atoms. The molecule has 0 aliphatic rings. The van der Waals surface area contributed by atoms with Gasteiger partial charge in [0, 0.05) is 18.9 Å². The number of aromatic nitrogens is 4. The lowest BCUT2D eigenvalue weighted by atomic mass is 10.2. The molecule has 25 heavy (non-hydrogen) atoms. The van der Waals surface area contributed by atoms with Gasteiger partial charge in [0.05, 0.1) is 17.8 Å². The molecule has 0 saturated carbocycles. The van der Waals surface area contributed by atoms with Crippen molar-refractivity contribution in [2.24, 2.45) is 0 Å². The van der Waals surface area contributed by atoms with Crippen LogP contribution in [0.15, 0.2) is 67.0 Å². The summed E-state index contributed by atoms with van der Waals surface area (Å²) < 4.78 is 2.13. The summed E-state index contributed by atoms with van der Waals surface area (Å²) in [6, 6.07) is 18.1. The predicted octanol–water partition coefficient (Wildman–Crippen LogP) is 3.07. The first-order valence-electron chi connectivity index (χ1n) is 8.09. The highest BCUT2D eigenvalue weighted by molar-refractivity contribution is 5.87. The zero-order valence-electron chi connectivity index (χ0n) is 13.6. The van der Waals surface area contributed by atoms with E-state index in [-0.39, 0.29) is 5.95 Å². The van der Waals surface area contributed by atoms with Crippen molar-refractivity contribution in [1.82, 2.24) is 19.5 Å². The number of hydrogen-bond acceptors (Lipinski definition) is 5. The molecule has 6 heteroatoms. The molecule has 0 aliphatic heterocycles. The Bertz CT molecular complexity index is 979. The average molecular weight is 330 g/mol. The van der Waals surface area contributed by atoms with Gasteiger partial charge in [0.25, 0.3) is 0 Å². The molecule has 0 aliphatic carbocycles. The van der Waals surface area contributed by atoms with E-state index < -0.39 is 0 Å². The number of anilines is 2. The second-order valence-electron chi connectivity index (χ2n) is 5.77. The number of benzene rings is 1. The van der Waals surface area contributed by atoms with Gasteiger partial charge in [-0.1, -0.05) is 36.4 Å². The highest BCUT2D eigenvalue weighted by Crippen LogP contribution is 2.24. The van der Waals surface area contributed by atoms with E-state index in [0.717, 1.165) is 23.3 Å². The van der Waals surface area contributed by atoms with Gasteiger partial charge in [-0.05, 0) is 23.8 Å². The Hall–Kier alpha value is -3.41. The molecule has 4 aromatic rings. The number of nitrogens with zero attached hydrogens (tertiary/aromatic N) is 4. The van der Waals surface area contributed by atoms with Gasteiger partial charge < -0.3 is 15.6 Å². The Balaban J connectivity index is 1.68. The summed E-state index contributed by atoms with van der Waals surface area (Å²) in [6.07, 6.45) is 3.79. The lowest BCUT2D eigenvalue weighted by Gasteiger charge is -2.11. The van der Waals surface area contributed by atoms with E-state index in [1.54, 1.807) is 6.20 Å². The third-order valence-electron chi connectivity index (χ3n) is 3.99. The Kier molecular flexibility index (Phi) is 4.00. The second kappa shape index (κ2) is 6.60. The Morgan fingerprint density at radius 1 is 0.960 bits per heavy atom. The van der Waals surface area contributed by atoms with E-state index in [0.29, 0.717) is 12.4 Å². The maximum Gasteiger partial charge on any atom is 0.222 e. The second-order valence-corrected chi connectivity index (χ2v) is 5.77. The predicted molar refractivity (Wildman–Crippen MR) is 99.0 cm³/mol. The third-order valence-corrected chi connectivity index (χ3v) is 3.99. The normalized spacial score (nSPS) is 10.9. The van der Waals surface area contributed by atoms with Crippen LogP contribution in [0.1, 0.15) is 11.3 Å². The van der Waals surface area contributed by atoms with E-state index in [4.69, 9.17) is 5.73 Å². The van der Waals surface area contributed by atoms with Crippen molar-refractivity contribution in [2.45, 2.75) is 13.1 Å². The van der Waals surface area contributed by atoms with Crippen molar-refractivity contribution in [1.29, 1.82) is 0 Å². The van der Waals surface area contributed by atoms with Crippen LogP contribution in [-0.4, -0.2) is 19.5 Å². The van der Waals surface area contributed by atoms with Gasteiger partial charge in [0.2, 0.25) is 5.95 Å². The highest BCUT2D eigenvalue weighted by Gasteiger charge is 2.12. The zero-order chi connectivity index (χ0) is 17.1. The maximum atomic E-state index is 5.87. The summed E-state index contributed by atoms with van der Waals surface area (Å²) in [7, 11) is 0. The number of nitrogen functional groups attached to an aromatic ring is 1. The summed E-state index contributed by atoms with van der Waals surface area (Å²) in [6.45, 7) is 1.32. The Morgan fingerprint density at radius 3 is 2.60 bits per heavy atom. The van der Waals surface area contributed by atoms with Gasteiger partial charge in [0.1, 0.15) is 5.52 Å². The zero-order valence-corrected chi connectivity index (χ0v) is 13.6. The maximum absolute atomic E-state index is 5.87. The molecule has 0 amide bonds. The minimum atomic E-state index is 0.258. The summed E-state index contributed by atoms with van der Waals surface area (Å²) in [5, 5.41) is 3.34. The van der Waals surface area contributed by atoms with Gasteiger partial charge in [0.15, 0.2) is 5.82 Å². The van der Waals surface area contributed by atoms with Gasteiger partial charge >= 0.3 is 0 Å². The summed E-state index contributed by atoms with van der Waals surface area (Å²) >= 11 is 0. The molecule has 4 rings (SSSR count). The smallest absolute Gasteiger partial charge is 0.222 e. The first kappa shape index (κ1) is 15.1. The van der Waals surface area contributed by atoms with Crippen LogP contribution in [0.4, 0.5) is 11.8 Å². The molecule has 3 heterocycles. The molecule has 6 nitrogen and oxygen atoms in total. The van der Waals surface area contributed by atoms with Crippen molar-refractivity contribution < 1.29 is 0 Å². The lowest BCUT2D eigenvalue weighted by Crippen LogP contribution is -2.08. The van der Waals surface area contributed by atoms with Crippen molar-refractivity contribution in [3.63, 3.8) is 0 Å². The molecule has 0 saturated heterocycles. The molecule has 0 spiro atoms. The number of rotatable bonds is 5. The summed E-state index contributed by atoms with van der Waals surface area (Å²) in [4.78, 5) is 13.1. The average Bonchev–Trinajstić information content (AvgIpc) is 3.04. The van der Waals surface area contributed by atoms with Crippen LogP contribution >= 0.6 is 0 Å². The number of nitrogens with two attached hydrogens (primary N) is 1. The highest BCUT2D eigenvalue weighted by atomic mass is 15.1. The SMILES string of the molecule is Nc1nc(NCc2ccccn2)c2c(ccn2Cc2ccccc2)n1. The van der Waals surface area contributed by atoms with E-state index in [1.165, 1.54) is 5.56 Å². The van der Waals surface area contributed by atoms with E-state index in [9.17, 15) is 0 Å². The van der Waals surface area contributed by atoms with Gasteiger partial charge in [-0.25, -0.2) is 4.98 Å². The summed E-state index contributed by atoms with van der Waals surface area (Å²) in [5.41, 5.74) is 9.79. The van der Waals surface area contributed by atoms with Crippen LogP contribution in [0.2, 0.25) is 0 Å². The standard InChI is InChI=1S/C19H18N6/c20-19-23-16-9-11-25(13-14-6-2-1-3-7-14)17(16)18(24-19)22-12-15-8-4-5-10-21-15/h1-11H,12-13H2,(H3,20,22,23,24). The van der Waals surface area contributed by atoms with Crippen LogP contribution in [-0.2, 0) is 13.1 Å². The number of fused-ring (bicyclic) bond motifs is 1. The van der Waals surface area contributed by atoms with Crippen LogP contribution < -0.4 is 11.1 Å². The van der Waals surface area contributed by atoms with Crippen molar-refractivity contribution >= 4 is 22.8 Å². The molecule has 0 atom stereocenters. The number of pyridine rings is 1. The fraction of sp³-hybridized carbons (Fsp3) is 0.105. The first-order valence-corrected chi connectivity index (χ1v) is 8.09. The van der Waals surface area contributed by atoms with Crippen LogP contribution in [0.5, 0.6) is 0 Å². The van der Waals surface area contributed by atoms with Gasteiger partial charge in [-0.2, -0.15) is 4.98 Å². The largest absolute Gasteiger partial charge is 0.368 e. The first-order chi connectivity index (χ1) is 12.3. The molecule has 0 unspecified atom stereocenters. The Morgan fingerprint density at radius 2 is 1.80 bits per heavy atom. The molecule has 0 radical (unpaired) electrons. The summed E-state index contributed by atoms with van der Waals surface area (Å²) in [5.74, 6) is 0.975. The van der Waals surface area contributed by atoms with Crippen molar-refractivity contribution in [3.8, 4) is 0 Å². The number of hydrogen-bond donors (Lipinski definition) is 2. The molecular formula is C19H18N6. The van der Waals surface area contributed by atoms with Crippen molar-refractivity contribution in [2.75, 3.05) is 11.1 Å². The molecule has 0 fully saturated rings.